The van der Waals surface area contributed by atoms with E-state index in [1.54, 1.807) is 13.4 Å². The predicted octanol–water partition coefficient (Wildman–Crippen LogP) is 5.58. The number of benzene rings is 3. The van der Waals surface area contributed by atoms with Crippen molar-refractivity contribution in [2.45, 2.75) is 19.3 Å². The van der Waals surface area contributed by atoms with E-state index in [1.807, 2.05) is 36.4 Å². The van der Waals surface area contributed by atoms with Gasteiger partial charge in [0.05, 0.1) is 12.8 Å². The van der Waals surface area contributed by atoms with Crippen molar-refractivity contribution in [2.24, 2.45) is 5.92 Å². The maximum Gasteiger partial charge on any atom is 0.227 e. The first-order valence-corrected chi connectivity index (χ1v) is 12.4. The molecule has 1 saturated heterocycles. The third-order valence-electron chi connectivity index (χ3n) is 7.29. The fraction of sp³-hybridized carbons (Fsp3) is 0.233. The minimum absolute atomic E-state index is 0.00500. The number of aromatic nitrogens is 2. The SMILES string of the molecule is COc1ccc(-c2cc(N3CCC(C(=O)Nc4ccc5c(c4)Cc4ccccc4-5)CC3)ncn2)cc1. The molecule has 0 bridgehead atoms. The summed E-state index contributed by atoms with van der Waals surface area (Å²) >= 11 is 0. The minimum Gasteiger partial charge on any atom is -0.497 e. The van der Waals surface area contributed by atoms with Gasteiger partial charge in [0.25, 0.3) is 0 Å². The molecule has 1 aliphatic carbocycles. The van der Waals surface area contributed by atoms with Gasteiger partial charge in [-0.25, -0.2) is 9.97 Å². The number of nitrogens with zero attached hydrogens (tertiary/aromatic N) is 3. The number of carbonyl (C=O) groups is 1. The number of nitrogens with one attached hydrogen (secondary N) is 1. The van der Waals surface area contributed by atoms with Gasteiger partial charge in [-0.05, 0) is 77.9 Å². The zero-order chi connectivity index (χ0) is 24.5. The largest absolute Gasteiger partial charge is 0.497 e. The first kappa shape index (κ1) is 22.3. The van der Waals surface area contributed by atoms with Crippen LogP contribution in [0.3, 0.4) is 0 Å². The van der Waals surface area contributed by atoms with Gasteiger partial charge >= 0.3 is 0 Å². The molecule has 3 aromatic carbocycles. The summed E-state index contributed by atoms with van der Waals surface area (Å²) in [7, 11) is 1.66. The van der Waals surface area contributed by atoms with Crippen molar-refractivity contribution >= 4 is 17.4 Å². The van der Waals surface area contributed by atoms with E-state index < -0.39 is 0 Å². The fourth-order valence-corrected chi connectivity index (χ4v) is 5.28. The molecule has 0 unspecified atom stereocenters. The van der Waals surface area contributed by atoms with Crippen molar-refractivity contribution in [3.8, 4) is 28.1 Å². The molecule has 1 amide bonds. The normalized spacial score (nSPS) is 14.8. The molecule has 36 heavy (non-hydrogen) atoms. The highest BCUT2D eigenvalue weighted by molar-refractivity contribution is 5.93. The number of amides is 1. The highest BCUT2D eigenvalue weighted by Crippen LogP contribution is 2.37. The van der Waals surface area contributed by atoms with E-state index in [2.05, 4.69) is 56.6 Å². The average molecular weight is 477 g/mol. The molecular weight excluding hydrogens is 448 g/mol. The van der Waals surface area contributed by atoms with Gasteiger partial charge in [0, 0.05) is 36.3 Å². The second kappa shape index (κ2) is 9.46. The van der Waals surface area contributed by atoms with Crippen LogP contribution in [-0.2, 0) is 11.2 Å². The molecule has 6 heteroatoms. The number of rotatable bonds is 5. The third kappa shape index (κ3) is 4.31. The highest BCUT2D eigenvalue weighted by Gasteiger charge is 2.26. The Labute approximate surface area is 211 Å². The summed E-state index contributed by atoms with van der Waals surface area (Å²) in [5, 5.41) is 3.17. The van der Waals surface area contributed by atoms with Crippen LogP contribution in [0, 0.1) is 5.92 Å². The zero-order valence-electron chi connectivity index (χ0n) is 20.3. The molecule has 6 nitrogen and oxygen atoms in total. The Kier molecular flexibility index (Phi) is 5.85. The maximum atomic E-state index is 13.1. The lowest BCUT2D eigenvalue weighted by Crippen LogP contribution is -2.38. The predicted molar refractivity (Wildman–Crippen MR) is 142 cm³/mol. The molecule has 1 aromatic heterocycles. The van der Waals surface area contributed by atoms with Crippen molar-refractivity contribution in [1.82, 2.24) is 9.97 Å². The zero-order valence-corrected chi connectivity index (χ0v) is 20.3. The van der Waals surface area contributed by atoms with Gasteiger partial charge in [0.15, 0.2) is 0 Å². The summed E-state index contributed by atoms with van der Waals surface area (Å²) in [5.41, 5.74) is 7.98. The molecule has 0 radical (unpaired) electrons. The van der Waals surface area contributed by atoms with Crippen LogP contribution < -0.4 is 15.0 Å². The molecule has 0 spiro atoms. The van der Waals surface area contributed by atoms with Crippen LogP contribution in [0.4, 0.5) is 11.5 Å². The Morgan fingerprint density at radius 3 is 2.50 bits per heavy atom. The first-order chi connectivity index (χ1) is 17.7. The molecule has 2 heterocycles. The molecule has 1 N–H and O–H groups in total. The van der Waals surface area contributed by atoms with Crippen LogP contribution >= 0.6 is 0 Å². The van der Waals surface area contributed by atoms with Crippen molar-refractivity contribution in [1.29, 1.82) is 0 Å². The van der Waals surface area contributed by atoms with E-state index in [9.17, 15) is 4.79 Å². The molecule has 1 fully saturated rings. The topological polar surface area (TPSA) is 67.3 Å². The smallest absolute Gasteiger partial charge is 0.227 e. The number of carbonyl (C=O) groups excluding carboxylic acids is 1. The number of fused-ring (bicyclic) bond motifs is 3. The second-order valence-corrected chi connectivity index (χ2v) is 9.45. The van der Waals surface area contributed by atoms with Crippen LogP contribution in [-0.4, -0.2) is 36.1 Å². The maximum absolute atomic E-state index is 13.1. The Morgan fingerprint density at radius 1 is 0.917 bits per heavy atom. The van der Waals surface area contributed by atoms with E-state index in [0.29, 0.717) is 0 Å². The Morgan fingerprint density at radius 2 is 1.69 bits per heavy atom. The number of hydrogen-bond acceptors (Lipinski definition) is 5. The van der Waals surface area contributed by atoms with Gasteiger partial charge in [0.2, 0.25) is 5.91 Å². The molecule has 2 aliphatic rings. The average Bonchev–Trinajstić information content (AvgIpc) is 3.31. The van der Waals surface area contributed by atoms with E-state index in [-0.39, 0.29) is 11.8 Å². The fourth-order valence-electron chi connectivity index (χ4n) is 5.28. The van der Waals surface area contributed by atoms with Crippen LogP contribution in [0.25, 0.3) is 22.4 Å². The molecule has 0 atom stereocenters. The molecule has 1 aliphatic heterocycles. The Bertz CT molecular complexity index is 1410. The van der Waals surface area contributed by atoms with Gasteiger partial charge in [-0.2, -0.15) is 0 Å². The third-order valence-corrected chi connectivity index (χ3v) is 7.29. The second-order valence-electron chi connectivity index (χ2n) is 9.45. The van der Waals surface area contributed by atoms with Gasteiger partial charge < -0.3 is 15.0 Å². The van der Waals surface area contributed by atoms with Gasteiger partial charge in [-0.1, -0.05) is 30.3 Å². The number of piperidine rings is 1. The number of anilines is 2. The van der Waals surface area contributed by atoms with Crippen LogP contribution in [0.15, 0.2) is 79.1 Å². The molecule has 0 saturated carbocycles. The lowest BCUT2D eigenvalue weighted by atomic mass is 9.95. The summed E-state index contributed by atoms with van der Waals surface area (Å²) in [6, 6.07) is 24.7. The van der Waals surface area contributed by atoms with Gasteiger partial charge in [-0.3, -0.25) is 4.79 Å². The minimum atomic E-state index is -0.00500. The van der Waals surface area contributed by atoms with Crippen molar-refractivity contribution in [2.75, 3.05) is 30.4 Å². The first-order valence-electron chi connectivity index (χ1n) is 12.4. The van der Waals surface area contributed by atoms with Crippen molar-refractivity contribution < 1.29 is 9.53 Å². The van der Waals surface area contributed by atoms with Crippen LogP contribution in [0.5, 0.6) is 5.75 Å². The molecular formula is C30H28N4O2. The van der Waals surface area contributed by atoms with E-state index in [1.165, 1.54) is 22.3 Å². The summed E-state index contributed by atoms with van der Waals surface area (Å²) in [6.45, 7) is 1.58. The summed E-state index contributed by atoms with van der Waals surface area (Å²) in [5.74, 6) is 1.81. The summed E-state index contributed by atoms with van der Waals surface area (Å²) in [4.78, 5) is 24.2. The van der Waals surface area contributed by atoms with Crippen LogP contribution in [0.2, 0.25) is 0 Å². The van der Waals surface area contributed by atoms with E-state index in [4.69, 9.17) is 4.74 Å². The molecule has 180 valence electrons. The lowest BCUT2D eigenvalue weighted by molar-refractivity contribution is -0.120. The summed E-state index contributed by atoms with van der Waals surface area (Å²) in [6.07, 6.45) is 4.12. The van der Waals surface area contributed by atoms with Gasteiger partial charge in [-0.15, -0.1) is 0 Å². The lowest BCUT2D eigenvalue weighted by Gasteiger charge is -2.32. The Balaban J connectivity index is 1.08. The van der Waals surface area contributed by atoms with E-state index >= 15 is 0 Å². The number of methoxy groups -OCH3 is 1. The Hall–Kier alpha value is -4.19. The van der Waals surface area contributed by atoms with E-state index in [0.717, 1.165) is 60.9 Å². The quantitative estimate of drug-likeness (QED) is 0.359. The summed E-state index contributed by atoms with van der Waals surface area (Å²) < 4.78 is 5.25. The van der Waals surface area contributed by atoms with Crippen molar-refractivity contribution in [3.05, 3.63) is 90.3 Å². The highest BCUT2D eigenvalue weighted by atomic mass is 16.5. The van der Waals surface area contributed by atoms with Crippen molar-refractivity contribution in [3.63, 3.8) is 0 Å². The number of ether oxygens (including phenoxy) is 1. The molecule has 4 aromatic rings. The standard InChI is InChI=1S/C30H28N4O2/c1-36-25-9-6-20(7-10-25)28-18-29(32-19-31-28)34-14-12-21(13-15-34)30(35)33-24-8-11-27-23(17-24)16-22-4-2-3-5-26(22)27/h2-11,17-19,21H,12-16H2,1H3,(H,33,35). The molecule has 6 rings (SSSR count). The van der Waals surface area contributed by atoms with Gasteiger partial charge in [0.1, 0.15) is 17.9 Å². The number of hydrogen-bond donors (Lipinski definition) is 1. The van der Waals surface area contributed by atoms with Crippen LogP contribution in [0.1, 0.15) is 24.0 Å². The monoisotopic (exact) mass is 476 g/mol.